The van der Waals surface area contributed by atoms with Crippen LogP contribution in [-0.2, 0) is 26.2 Å². The van der Waals surface area contributed by atoms with Crippen molar-refractivity contribution in [2.75, 3.05) is 6.54 Å². The van der Waals surface area contributed by atoms with E-state index in [1.54, 1.807) is 17.0 Å². The second-order valence-corrected chi connectivity index (χ2v) is 8.54. The molecule has 2 amide bonds. The van der Waals surface area contributed by atoms with Gasteiger partial charge in [-0.25, -0.2) is 13.6 Å². The Morgan fingerprint density at radius 3 is 2.33 bits per heavy atom. The molecule has 1 heterocycles. The van der Waals surface area contributed by atoms with Crippen LogP contribution in [0.4, 0.5) is 0 Å². The molecule has 1 saturated heterocycles. The molecule has 0 aliphatic carbocycles. The van der Waals surface area contributed by atoms with Gasteiger partial charge in [-0.15, -0.1) is 0 Å². The van der Waals surface area contributed by atoms with E-state index in [-0.39, 0.29) is 41.1 Å². The molecule has 1 unspecified atom stereocenters. The summed E-state index contributed by atoms with van der Waals surface area (Å²) in [4.78, 5) is 26.0. The standard InChI is InChI=1S/C16H23N3O4S/c1-16(2,3)19-10-12(8-14(19)20)15(21)18-9-11-4-6-13(7-5-11)24(17,22)23/h4-7,12H,8-10H2,1-3H3,(H,18,21)(H2,17,22,23). The first-order valence-corrected chi connectivity index (χ1v) is 9.23. The zero-order chi connectivity index (χ0) is 18.1. The third-order valence-electron chi connectivity index (χ3n) is 4.02. The quantitative estimate of drug-likeness (QED) is 0.826. The number of hydrogen-bond acceptors (Lipinski definition) is 4. The Labute approximate surface area is 142 Å². The summed E-state index contributed by atoms with van der Waals surface area (Å²) in [6.07, 6.45) is 0.216. The number of likely N-dealkylation sites (tertiary alicyclic amines) is 1. The van der Waals surface area contributed by atoms with E-state index in [0.717, 1.165) is 5.56 Å². The van der Waals surface area contributed by atoms with Crippen molar-refractivity contribution < 1.29 is 18.0 Å². The van der Waals surface area contributed by atoms with Crippen molar-refractivity contribution in [2.45, 2.75) is 44.2 Å². The monoisotopic (exact) mass is 353 g/mol. The number of carbonyl (C=O) groups is 2. The van der Waals surface area contributed by atoms with Crippen LogP contribution in [0, 0.1) is 5.92 Å². The number of benzene rings is 1. The topological polar surface area (TPSA) is 110 Å². The van der Waals surface area contributed by atoms with E-state index >= 15 is 0 Å². The van der Waals surface area contributed by atoms with Gasteiger partial charge in [-0.3, -0.25) is 9.59 Å². The molecule has 2 rings (SSSR count). The molecule has 0 spiro atoms. The van der Waals surface area contributed by atoms with E-state index in [4.69, 9.17) is 5.14 Å². The largest absolute Gasteiger partial charge is 0.352 e. The van der Waals surface area contributed by atoms with E-state index < -0.39 is 10.0 Å². The summed E-state index contributed by atoms with van der Waals surface area (Å²) in [5.41, 5.74) is 0.461. The molecule has 1 aromatic carbocycles. The fourth-order valence-corrected chi connectivity index (χ4v) is 3.18. The molecule has 3 N–H and O–H groups in total. The van der Waals surface area contributed by atoms with E-state index in [9.17, 15) is 18.0 Å². The lowest BCUT2D eigenvalue weighted by atomic mass is 10.1. The van der Waals surface area contributed by atoms with Crippen LogP contribution >= 0.6 is 0 Å². The summed E-state index contributed by atoms with van der Waals surface area (Å²) < 4.78 is 22.4. The van der Waals surface area contributed by atoms with Gasteiger partial charge in [0.1, 0.15) is 0 Å². The molecular formula is C16H23N3O4S. The van der Waals surface area contributed by atoms with Crippen molar-refractivity contribution in [3.8, 4) is 0 Å². The highest BCUT2D eigenvalue weighted by atomic mass is 32.2. The average Bonchev–Trinajstić information content (AvgIpc) is 2.86. The summed E-state index contributed by atoms with van der Waals surface area (Å²) in [7, 11) is -3.72. The maximum Gasteiger partial charge on any atom is 0.238 e. The molecule has 24 heavy (non-hydrogen) atoms. The van der Waals surface area contributed by atoms with Crippen LogP contribution in [0.2, 0.25) is 0 Å². The van der Waals surface area contributed by atoms with Crippen LogP contribution in [0.3, 0.4) is 0 Å². The van der Waals surface area contributed by atoms with Crippen LogP contribution in [0.15, 0.2) is 29.2 Å². The Hall–Kier alpha value is -1.93. The number of primary sulfonamides is 1. The van der Waals surface area contributed by atoms with Crippen molar-refractivity contribution in [3.05, 3.63) is 29.8 Å². The summed E-state index contributed by atoms with van der Waals surface area (Å²) in [6.45, 7) is 6.51. The zero-order valence-electron chi connectivity index (χ0n) is 14.1. The highest BCUT2D eigenvalue weighted by Crippen LogP contribution is 2.25. The number of rotatable bonds is 4. The lowest BCUT2D eigenvalue weighted by Gasteiger charge is -2.31. The fourth-order valence-electron chi connectivity index (χ4n) is 2.66. The number of amides is 2. The SMILES string of the molecule is CC(C)(C)N1CC(C(=O)NCc2ccc(S(N)(=O)=O)cc2)CC1=O. The molecule has 1 atom stereocenters. The van der Waals surface area contributed by atoms with Crippen LogP contribution in [0.25, 0.3) is 0 Å². The Morgan fingerprint density at radius 1 is 1.29 bits per heavy atom. The highest BCUT2D eigenvalue weighted by molar-refractivity contribution is 7.89. The number of carbonyl (C=O) groups excluding carboxylic acids is 2. The van der Waals surface area contributed by atoms with Gasteiger partial charge in [-0.2, -0.15) is 0 Å². The van der Waals surface area contributed by atoms with E-state index in [0.29, 0.717) is 6.54 Å². The minimum absolute atomic E-state index is 0.0137. The van der Waals surface area contributed by atoms with Crippen LogP contribution in [0.1, 0.15) is 32.8 Å². The van der Waals surface area contributed by atoms with Gasteiger partial charge >= 0.3 is 0 Å². The summed E-state index contributed by atoms with van der Waals surface area (Å²) in [6, 6.07) is 6.00. The lowest BCUT2D eigenvalue weighted by Crippen LogP contribution is -2.43. The van der Waals surface area contributed by atoms with E-state index in [1.807, 2.05) is 20.8 Å². The molecule has 0 aromatic heterocycles. The Bertz CT molecular complexity index is 736. The van der Waals surface area contributed by atoms with Gasteiger partial charge in [-0.1, -0.05) is 12.1 Å². The van der Waals surface area contributed by atoms with Crippen LogP contribution in [0.5, 0.6) is 0 Å². The minimum Gasteiger partial charge on any atom is -0.352 e. The third kappa shape index (κ3) is 4.33. The number of nitrogens with one attached hydrogen (secondary N) is 1. The smallest absolute Gasteiger partial charge is 0.238 e. The average molecular weight is 353 g/mol. The van der Waals surface area contributed by atoms with Gasteiger partial charge in [0.15, 0.2) is 0 Å². The Kier molecular flexibility index (Phi) is 5.00. The fraction of sp³-hybridized carbons (Fsp3) is 0.500. The van der Waals surface area contributed by atoms with E-state index in [1.165, 1.54) is 12.1 Å². The van der Waals surface area contributed by atoms with Crippen LogP contribution in [-0.4, -0.2) is 37.2 Å². The molecule has 7 nitrogen and oxygen atoms in total. The Morgan fingerprint density at radius 2 is 1.88 bits per heavy atom. The molecule has 0 saturated carbocycles. The lowest BCUT2D eigenvalue weighted by molar-refractivity contribution is -0.132. The number of hydrogen-bond donors (Lipinski definition) is 2. The molecule has 0 radical (unpaired) electrons. The molecule has 1 aliphatic rings. The zero-order valence-corrected chi connectivity index (χ0v) is 14.9. The number of nitrogens with two attached hydrogens (primary N) is 1. The minimum atomic E-state index is -3.72. The normalized spacial score (nSPS) is 18.8. The molecular weight excluding hydrogens is 330 g/mol. The van der Waals surface area contributed by atoms with Crippen molar-refractivity contribution >= 4 is 21.8 Å². The summed E-state index contributed by atoms with van der Waals surface area (Å²) in [5.74, 6) is -0.550. The van der Waals surface area contributed by atoms with Gasteiger partial charge in [0.05, 0.1) is 10.8 Å². The number of sulfonamides is 1. The second-order valence-electron chi connectivity index (χ2n) is 6.98. The van der Waals surface area contributed by atoms with Crippen molar-refractivity contribution in [1.29, 1.82) is 0 Å². The first kappa shape index (κ1) is 18.4. The maximum absolute atomic E-state index is 12.3. The van der Waals surface area contributed by atoms with Gasteiger partial charge in [0.2, 0.25) is 21.8 Å². The molecule has 8 heteroatoms. The molecule has 0 bridgehead atoms. The summed E-state index contributed by atoms with van der Waals surface area (Å²) in [5, 5.41) is 7.83. The van der Waals surface area contributed by atoms with Crippen molar-refractivity contribution in [1.82, 2.24) is 10.2 Å². The van der Waals surface area contributed by atoms with Gasteiger partial charge in [0.25, 0.3) is 0 Å². The second kappa shape index (κ2) is 6.52. The summed E-state index contributed by atoms with van der Waals surface area (Å²) >= 11 is 0. The van der Waals surface area contributed by atoms with Crippen molar-refractivity contribution in [3.63, 3.8) is 0 Å². The predicted octanol–water partition coefficient (Wildman–Crippen LogP) is 0.597. The maximum atomic E-state index is 12.3. The molecule has 1 aliphatic heterocycles. The molecule has 132 valence electrons. The third-order valence-corrected chi connectivity index (χ3v) is 4.95. The van der Waals surface area contributed by atoms with Crippen LogP contribution < -0.4 is 10.5 Å². The number of nitrogens with zero attached hydrogens (tertiary/aromatic N) is 1. The first-order valence-electron chi connectivity index (χ1n) is 7.68. The van der Waals surface area contributed by atoms with Gasteiger partial charge in [-0.05, 0) is 38.5 Å². The molecule has 1 fully saturated rings. The van der Waals surface area contributed by atoms with Gasteiger partial charge in [0, 0.05) is 25.0 Å². The van der Waals surface area contributed by atoms with Crippen molar-refractivity contribution in [2.24, 2.45) is 11.1 Å². The Balaban J connectivity index is 1.93. The predicted molar refractivity (Wildman–Crippen MR) is 89.2 cm³/mol. The highest BCUT2D eigenvalue weighted by Gasteiger charge is 2.39. The van der Waals surface area contributed by atoms with E-state index in [2.05, 4.69) is 5.32 Å². The van der Waals surface area contributed by atoms with Gasteiger partial charge < -0.3 is 10.2 Å². The molecule has 1 aromatic rings. The first-order chi connectivity index (χ1) is 11.0.